The van der Waals surface area contributed by atoms with E-state index in [1.165, 1.54) is 19.3 Å². The maximum atomic E-state index is 12.1. The van der Waals surface area contributed by atoms with Crippen molar-refractivity contribution in [1.82, 2.24) is 14.7 Å². The van der Waals surface area contributed by atoms with E-state index in [4.69, 9.17) is 9.51 Å². The molecular formula is C17H18N4O2. The smallest absolute Gasteiger partial charge is 0.277 e. The van der Waals surface area contributed by atoms with Gasteiger partial charge in [0.1, 0.15) is 11.6 Å². The Kier molecular flexibility index (Phi) is 3.37. The summed E-state index contributed by atoms with van der Waals surface area (Å²) in [4.78, 5) is 16.9. The van der Waals surface area contributed by atoms with Crippen LogP contribution in [0.5, 0.6) is 0 Å². The number of hydrogen-bond donors (Lipinski definition) is 1. The monoisotopic (exact) mass is 310 g/mol. The van der Waals surface area contributed by atoms with Gasteiger partial charge in [-0.1, -0.05) is 11.6 Å². The maximum Gasteiger partial charge on any atom is 0.277 e. The Morgan fingerprint density at radius 3 is 3.00 bits per heavy atom. The first-order valence-electron chi connectivity index (χ1n) is 7.94. The Morgan fingerprint density at radius 1 is 1.26 bits per heavy atom. The standard InChI is InChI=1S/C17H18N4O2/c1-11-9-14(20-23-11)17(22)18-12-6-7-15-13(10-12)19-16-5-3-2-4-8-21(15)16/h6-7,9-10H,2-5,8H2,1H3,(H,18,22). The number of anilines is 1. The lowest BCUT2D eigenvalue weighted by Gasteiger charge is -2.05. The van der Waals surface area contributed by atoms with Crippen LogP contribution in [-0.2, 0) is 13.0 Å². The van der Waals surface area contributed by atoms with Crippen LogP contribution in [0, 0.1) is 6.92 Å². The van der Waals surface area contributed by atoms with Gasteiger partial charge in [0.05, 0.1) is 11.0 Å². The summed E-state index contributed by atoms with van der Waals surface area (Å²) in [6.45, 7) is 2.78. The van der Waals surface area contributed by atoms with Crippen molar-refractivity contribution in [3.05, 3.63) is 41.5 Å². The fourth-order valence-corrected chi connectivity index (χ4v) is 3.10. The third-order valence-corrected chi connectivity index (χ3v) is 4.23. The number of imidazole rings is 1. The molecule has 0 spiro atoms. The van der Waals surface area contributed by atoms with Gasteiger partial charge in [-0.3, -0.25) is 4.79 Å². The third kappa shape index (κ3) is 2.60. The number of nitrogens with one attached hydrogen (secondary N) is 1. The molecular weight excluding hydrogens is 292 g/mol. The first-order valence-corrected chi connectivity index (χ1v) is 7.94. The maximum absolute atomic E-state index is 12.1. The lowest BCUT2D eigenvalue weighted by atomic mass is 10.2. The zero-order valence-corrected chi connectivity index (χ0v) is 13.0. The minimum absolute atomic E-state index is 0.276. The molecule has 1 aliphatic rings. The van der Waals surface area contributed by atoms with E-state index in [0.717, 1.165) is 35.5 Å². The molecule has 6 heteroatoms. The molecule has 0 radical (unpaired) electrons. The fraction of sp³-hybridized carbons (Fsp3) is 0.353. The number of amides is 1. The van der Waals surface area contributed by atoms with Crippen LogP contribution in [0.15, 0.2) is 28.8 Å². The molecule has 4 rings (SSSR count). The minimum Gasteiger partial charge on any atom is -0.361 e. The van der Waals surface area contributed by atoms with Gasteiger partial charge in [-0.25, -0.2) is 4.98 Å². The fourth-order valence-electron chi connectivity index (χ4n) is 3.10. The van der Waals surface area contributed by atoms with Crippen LogP contribution in [0.1, 0.15) is 41.3 Å². The van der Waals surface area contributed by atoms with Gasteiger partial charge >= 0.3 is 0 Å². The van der Waals surface area contributed by atoms with Gasteiger partial charge in [0.2, 0.25) is 0 Å². The molecule has 1 amide bonds. The summed E-state index contributed by atoms with van der Waals surface area (Å²) in [5.74, 6) is 1.48. The Hall–Kier alpha value is -2.63. The second kappa shape index (κ2) is 5.53. The Labute approximate surface area is 133 Å². The molecule has 0 unspecified atom stereocenters. The topological polar surface area (TPSA) is 73.0 Å². The number of aromatic nitrogens is 3. The number of carbonyl (C=O) groups is 1. The van der Waals surface area contributed by atoms with Crippen molar-refractivity contribution >= 4 is 22.6 Å². The molecule has 0 bridgehead atoms. The highest BCUT2D eigenvalue weighted by atomic mass is 16.5. The second-order valence-corrected chi connectivity index (χ2v) is 5.97. The molecule has 0 saturated heterocycles. The van der Waals surface area contributed by atoms with Crippen LogP contribution < -0.4 is 5.32 Å². The molecule has 118 valence electrons. The number of fused-ring (bicyclic) bond motifs is 3. The molecule has 0 saturated carbocycles. The zero-order valence-electron chi connectivity index (χ0n) is 13.0. The molecule has 3 heterocycles. The van der Waals surface area contributed by atoms with Crippen LogP contribution in [0.4, 0.5) is 5.69 Å². The van der Waals surface area contributed by atoms with E-state index in [0.29, 0.717) is 5.76 Å². The van der Waals surface area contributed by atoms with E-state index in [-0.39, 0.29) is 11.6 Å². The number of carbonyl (C=O) groups excluding carboxylic acids is 1. The van der Waals surface area contributed by atoms with Gasteiger partial charge in [-0.2, -0.15) is 0 Å². The van der Waals surface area contributed by atoms with Crippen molar-refractivity contribution in [3.8, 4) is 0 Å². The van der Waals surface area contributed by atoms with Crippen molar-refractivity contribution in [3.63, 3.8) is 0 Å². The summed E-state index contributed by atoms with van der Waals surface area (Å²) in [5, 5.41) is 6.58. The molecule has 6 nitrogen and oxygen atoms in total. The summed E-state index contributed by atoms with van der Waals surface area (Å²) in [6, 6.07) is 7.47. The molecule has 1 aromatic carbocycles. The molecule has 1 aliphatic heterocycles. The predicted molar refractivity (Wildman–Crippen MR) is 86.5 cm³/mol. The summed E-state index contributed by atoms with van der Waals surface area (Å²) in [7, 11) is 0. The van der Waals surface area contributed by atoms with Crippen LogP contribution >= 0.6 is 0 Å². The number of benzene rings is 1. The molecule has 3 aromatic rings. The molecule has 0 aliphatic carbocycles. The quantitative estimate of drug-likeness (QED) is 0.788. The number of hydrogen-bond acceptors (Lipinski definition) is 4. The molecule has 0 fully saturated rings. The first kappa shape index (κ1) is 14.0. The molecule has 2 aromatic heterocycles. The van der Waals surface area contributed by atoms with Crippen molar-refractivity contribution in [2.75, 3.05) is 5.32 Å². The van der Waals surface area contributed by atoms with Gasteiger partial charge in [0.15, 0.2) is 5.69 Å². The highest BCUT2D eigenvalue weighted by Gasteiger charge is 2.15. The number of rotatable bonds is 2. The average molecular weight is 310 g/mol. The summed E-state index contributed by atoms with van der Waals surface area (Å²) in [5.41, 5.74) is 3.06. The Morgan fingerprint density at radius 2 is 2.17 bits per heavy atom. The highest BCUT2D eigenvalue weighted by molar-refractivity contribution is 6.03. The number of aryl methyl sites for hydroxylation is 3. The van der Waals surface area contributed by atoms with E-state index < -0.39 is 0 Å². The largest absolute Gasteiger partial charge is 0.361 e. The number of nitrogens with zero attached hydrogens (tertiary/aromatic N) is 3. The third-order valence-electron chi connectivity index (χ3n) is 4.23. The van der Waals surface area contributed by atoms with E-state index in [9.17, 15) is 4.79 Å². The van der Waals surface area contributed by atoms with E-state index >= 15 is 0 Å². The van der Waals surface area contributed by atoms with Crippen molar-refractivity contribution < 1.29 is 9.32 Å². The van der Waals surface area contributed by atoms with E-state index in [1.807, 2.05) is 18.2 Å². The predicted octanol–water partition coefficient (Wildman–Crippen LogP) is 3.31. The normalized spacial score (nSPS) is 14.5. The van der Waals surface area contributed by atoms with Gasteiger partial charge in [0.25, 0.3) is 5.91 Å². The Balaban J connectivity index is 1.63. The van der Waals surface area contributed by atoms with Crippen molar-refractivity contribution in [1.29, 1.82) is 0 Å². The summed E-state index contributed by atoms with van der Waals surface area (Å²) < 4.78 is 7.23. The van der Waals surface area contributed by atoms with Crippen LogP contribution in [-0.4, -0.2) is 20.6 Å². The van der Waals surface area contributed by atoms with Crippen molar-refractivity contribution in [2.24, 2.45) is 0 Å². The average Bonchev–Trinajstić information content (AvgIpc) is 3.03. The minimum atomic E-state index is -0.276. The van der Waals surface area contributed by atoms with Gasteiger partial charge in [-0.15, -0.1) is 0 Å². The summed E-state index contributed by atoms with van der Waals surface area (Å²) in [6.07, 6.45) is 4.67. The van der Waals surface area contributed by atoms with E-state index in [2.05, 4.69) is 15.0 Å². The van der Waals surface area contributed by atoms with Gasteiger partial charge in [0, 0.05) is 24.7 Å². The Bertz CT molecular complexity index is 878. The van der Waals surface area contributed by atoms with Gasteiger partial charge in [-0.05, 0) is 38.0 Å². The first-order chi connectivity index (χ1) is 11.2. The highest BCUT2D eigenvalue weighted by Crippen LogP contribution is 2.24. The summed E-state index contributed by atoms with van der Waals surface area (Å²) >= 11 is 0. The molecule has 0 atom stereocenters. The van der Waals surface area contributed by atoms with Crippen LogP contribution in [0.25, 0.3) is 11.0 Å². The SMILES string of the molecule is Cc1cc(C(=O)Nc2ccc3c(c2)nc2n3CCCCC2)no1. The van der Waals surface area contributed by atoms with Crippen molar-refractivity contribution in [2.45, 2.75) is 39.2 Å². The zero-order chi connectivity index (χ0) is 15.8. The second-order valence-electron chi connectivity index (χ2n) is 5.97. The molecule has 23 heavy (non-hydrogen) atoms. The van der Waals surface area contributed by atoms with Crippen LogP contribution in [0.3, 0.4) is 0 Å². The van der Waals surface area contributed by atoms with E-state index in [1.54, 1.807) is 13.0 Å². The molecule has 1 N–H and O–H groups in total. The van der Waals surface area contributed by atoms with Gasteiger partial charge < -0.3 is 14.4 Å². The lowest BCUT2D eigenvalue weighted by Crippen LogP contribution is -2.12. The van der Waals surface area contributed by atoms with Crippen LogP contribution in [0.2, 0.25) is 0 Å². The lowest BCUT2D eigenvalue weighted by molar-refractivity contribution is 0.101.